The zero-order valence-corrected chi connectivity index (χ0v) is 15.1. The molecule has 134 valence electrons. The second-order valence-corrected chi connectivity index (χ2v) is 6.72. The number of carbonyl (C=O) groups is 2. The van der Waals surface area contributed by atoms with Crippen molar-refractivity contribution in [3.63, 3.8) is 0 Å². The fourth-order valence-electron chi connectivity index (χ4n) is 2.31. The van der Waals surface area contributed by atoms with Crippen LogP contribution in [0.5, 0.6) is 11.5 Å². The number of amides is 1. The number of hydrogen-bond acceptors (Lipinski definition) is 6. The molecule has 0 spiro atoms. The molecule has 1 aromatic heterocycles. The molecule has 0 aliphatic carbocycles. The third kappa shape index (κ3) is 4.73. The van der Waals surface area contributed by atoms with Crippen LogP contribution in [0.3, 0.4) is 0 Å². The lowest BCUT2D eigenvalue weighted by molar-refractivity contribution is -0.125. The van der Waals surface area contributed by atoms with Gasteiger partial charge in [0, 0.05) is 4.88 Å². The van der Waals surface area contributed by atoms with Gasteiger partial charge in [0.05, 0.1) is 13.2 Å². The number of phenols is 1. The first-order valence-corrected chi connectivity index (χ1v) is 8.67. The number of nitrogens with one attached hydrogen (secondary N) is 1. The van der Waals surface area contributed by atoms with E-state index in [1.807, 2.05) is 31.4 Å². The molecular weight excluding hydrogens is 342 g/mol. The number of rotatable bonds is 7. The largest absolute Gasteiger partial charge is 0.504 e. The van der Waals surface area contributed by atoms with Crippen LogP contribution in [0.15, 0.2) is 35.7 Å². The Morgan fingerprint density at radius 3 is 2.60 bits per heavy atom. The molecular formula is C18H21NO5S. The maximum absolute atomic E-state index is 12.1. The van der Waals surface area contributed by atoms with E-state index in [0.29, 0.717) is 0 Å². The van der Waals surface area contributed by atoms with Crippen molar-refractivity contribution in [2.45, 2.75) is 19.9 Å². The van der Waals surface area contributed by atoms with Crippen molar-refractivity contribution in [3.8, 4) is 11.5 Å². The van der Waals surface area contributed by atoms with Crippen LogP contribution >= 0.6 is 11.3 Å². The summed E-state index contributed by atoms with van der Waals surface area (Å²) in [4.78, 5) is 25.2. The summed E-state index contributed by atoms with van der Waals surface area (Å²) in [7, 11) is 1.38. The number of methoxy groups -OCH3 is 1. The first kappa shape index (κ1) is 18.8. The molecule has 1 atom stereocenters. The van der Waals surface area contributed by atoms with Crippen LogP contribution < -0.4 is 10.1 Å². The summed E-state index contributed by atoms with van der Waals surface area (Å²) in [5.74, 6) is -1.14. The number of para-hydroxylation sites is 1. The number of aromatic hydroxyl groups is 1. The summed E-state index contributed by atoms with van der Waals surface area (Å²) < 4.78 is 9.95. The summed E-state index contributed by atoms with van der Waals surface area (Å²) in [5, 5.41) is 14.8. The molecule has 0 radical (unpaired) electrons. The van der Waals surface area contributed by atoms with Crippen molar-refractivity contribution >= 4 is 23.2 Å². The van der Waals surface area contributed by atoms with Crippen LogP contribution in [-0.2, 0) is 9.53 Å². The lowest BCUT2D eigenvalue weighted by atomic mass is 10.0. The molecule has 2 rings (SSSR count). The Morgan fingerprint density at radius 1 is 1.24 bits per heavy atom. The molecule has 0 saturated heterocycles. The van der Waals surface area contributed by atoms with Crippen LogP contribution in [0.4, 0.5) is 0 Å². The van der Waals surface area contributed by atoms with Crippen LogP contribution in [-0.4, -0.2) is 30.7 Å². The molecule has 0 aliphatic heterocycles. The van der Waals surface area contributed by atoms with Crippen LogP contribution in [0.1, 0.15) is 35.1 Å². The Hall–Kier alpha value is -2.54. The number of thiophene rings is 1. The quantitative estimate of drug-likeness (QED) is 0.738. The summed E-state index contributed by atoms with van der Waals surface area (Å²) in [5.41, 5.74) is -0.0502. The van der Waals surface area contributed by atoms with E-state index in [2.05, 4.69) is 5.32 Å². The fourth-order valence-corrected chi connectivity index (χ4v) is 3.26. The molecule has 7 heteroatoms. The number of ether oxygens (including phenoxy) is 2. The van der Waals surface area contributed by atoms with E-state index < -0.39 is 18.5 Å². The third-order valence-corrected chi connectivity index (χ3v) is 4.56. The molecule has 0 saturated carbocycles. The maximum atomic E-state index is 12.1. The van der Waals surface area contributed by atoms with Gasteiger partial charge in [-0.05, 0) is 29.5 Å². The highest BCUT2D eigenvalue weighted by Gasteiger charge is 2.21. The molecule has 2 aromatic rings. The topological polar surface area (TPSA) is 84.9 Å². The fraction of sp³-hybridized carbons (Fsp3) is 0.333. The molecule has 25 heavy (non-hydrogen) atoms. The molecule has 1 amide bonds. The van der Waals surface area contributed by atoms with Gasteiger partial charge in [-0.15, -0.1) is 11.3 Å². The predicted octanol–water partition coefficient (Wildman–Crippen LogP) is 3.13. The maximum Gasteiger partial charge on any atom is 0.342 e. The van der Waals surface area contributed by atoms with Crippen molar-refractivity contribution in [1.29, 1.82) is 0 Å². The van der Waals surface area contributed by atoms with E-state index in [1.54, 1.807) is 17.4 Å². The minimum absolute atomic E-state index is 0.0502. The molecule has 1 aromatic carbocycles. The van der Waals surface area contributed by atoms with Gasteiger partial charge in [-0.2, -0.15) is 0 Å². The smallest absolute Gasteiger partial charge is 0.342 e. The van der Waals surface area contributed by atoms with Gasteiger partial charge in [-0.25, -0.2) is 4.79 Å². The predicted molar refractivity (Wildman–Crippen MR) is 95.0 cm³/mol. The Balaban J connectivity index is 1.96. The van der Waals surface area contributed by atoms with Gasteiger partial charge >= 0.3 is 5.97 Å². The SMILES string of the molecule is COc1cccc(C(=O)OCC(=O)NC(c2cccs2)C(C)C)c1O. The Morgan fingerprint density at radius 2 is 2.00 bits per heavy atom. The number of esters is 1. The summed E-state index contributed by atoms with van der Waals surface area (Å²) in [6.45, 7) is 3.58. The van der Waals surface area contributed by atoms with Crippen LogP contribution in [0.25, 0.3) is 0 Å². The number of hydrogen-bond donors (Lipinski definition) is 2. The first-order chi connectivity index (χ1) is 11.9. The molecule has 2 N–H and O–H groups in total. The number of phenolic OH excluding ortho intramolecular Hbond substituents is 1. The minimum atomic E-state index is -0.788. The van der Waals surface area contributed by atoms with Crippen molar-refractivity contribution < 1.29 is 24.2 Å². The van der Waals surface area contributed by atoms with E-state index in [1.165, 1.54) is 19.2 Å². The molecule has 0 fully saturated rings. The molecule has 1 heterocycles. The molecule has 0 bridgehead atoms. The van der Waals surface area contributed by atoms with Gasteiger partial charge in [0.2, 0.25) is 0 Å². The highest BCUT2D eigenvalue weighted by molar-refractivity contribution is 7.10. The molecule has 1 unspecified atom stereocenters. The standard InChI is InChI=1S/C18H21NO5S/c1-11(2)16(14-8-5-9-25-14)19-15(20)10-24-18(22)12-6-4-7-13(23-3)17(12)21/h4-9,11,16,21H,10H2,1-3H3,(H,19,20). The van der Waals surface area contributed by atoms with Crippen molar-refractivity contribution in [3.05, 3.63) is 46.2 Å². The van der Waals surface area contributed by atoms with E-state index >= 15 is 0 Å². The lowest BCUT2D eigenvalue weighted by Crippen LogP contribution is -2.34. The van der Waals surface area contributed by atoms with Gasteiger partial charge in [-0.1, -0.05) is 26.0 Å². The zero-order chi connectivity index (χ0) is 18.4. The Labute approximate surface area is 150 Å². The summed E-state index contributed by atoms with van der Waals surface area (Å²) >= 11 is 1.56. The molecule has 0 aliphatic rings. The highest BCUT2D eigenvalue weighted by Crippen LogP contribution is 2.30. The van der Waals surface area contributed by atoms with E-state index in [9.17, 15) is 14.7 Å². The lowest BCUT2D eigenvalue weighted by Gasteiger charge is -2.21. The van der Waals surface area contributed by atoms with Gasteiger partial charge in [-0.3, -0.25) is 4.79 Å². The minimum Gasteiger partial charge on any atom is -0.504 e. The second-order valence-electron chi connectivity index (χ2n) is 5.74. The van der Waals surface area contributed by atoms with E-state index in [4.69, 9.17) is 9.47 Å². The van der Waals surface area contributed by atoms with Gasteiger partial charge in [0.25, 0.3) is 5.91 Å². The van der Waals surface area contributed by atoms with Crippen molar-refractivity contribution in [2.75, 3.05) is 13.7 Å². The van der Waals surface area contributed by atoms with Gasteiger partial charge in [0.15, 0.2) is 18.1 Å². The second kappa shape index (κ2) is 8.53. The monoisotopic (exact) mass is 363 g/mol. The average molecular weight is 363 g/mol. The Kier molecular flexibility index (Phi) is 6.41. The number of benzene rings is 1. The normalized spacial score (nSPS) is 11.8. The highest BCUT2D eigenvalue weighted by atomic mass is 32.1. The number of carbonyl (C=O) groups excluding carboxylic acids is 2. The zero-order valence-electron chi connectivity index (χ0n) is 14.3. The van der Waals surface area contributed by atoms with Gasteiger partial charge < -0.3 is 19.9 Å². The first-order valence-electron chi connectivity index (χ1n) is 7.80. The third-order valence-electron chi connectivity index (χ3n) is 3.61. The molecule has 6 nitrogen and oxygen atoms in total. The van der Waals surface area contributed by atoms with Crippen LogP contribution in [0, 0.1) is 5.92 Å². The Bertz CT molecular complexity index is 727. The van der Waals surface area contributed by atoms with Crippen LogP contribution in [0.2, 0.25) is 0 Å². The summed E-state index contributed by atoms with van der Waals surface area (Å²) in [6, 6.07) is 8.22. The summed E-state index contributed by atoms with van der Waals surface area (Å²) in [6.07, 6.45) is 0. The van der Waals surface area contributed by atoms with E-state index in [0.717, 1.165) is 4.88 Å². The van der Waals surface area contributed by atoms with E-state index in [-0.39, 0.29) is 29.0 Å². The average Bonchev–Trinajstić information content (AvgIpc) is 3.11. The van der Waals surface area contributed by atoms with Crippen molar-refractivity contribution in [1.82, 2.24) is 5.32 Å². The van der Waals surface area contributed by atoms with Crippen molar-refractivity contribution in [2.24, 2.45) is 5.92 Å². The van der Waals surface area contributed by atoms with Gasteiger partial charge in [0.1, 0.15) is 5.56 Å².